The quantitative estimate of drug-likeness (QED) is 0.632. The molecule has 14 heavy (non-hydrogen) atoms. The fourth-order valence-corrected chi connectivity index (χ4v) is 1.52. The van der Waals surface area contributed by atoms with Crippen LogP contribution in [0.4, 0.5) is 13.2 Å². The van der Waals surface area contributed by atoms with E-state index < -0.39 is 12.2 Å². The van der Waals surface area contributed by atoms with Gasteiger partial charge in [-0.3, -0.25) is 9.98 Å². The second-order valence-electron chi connectivity index (χ2n) is 3.10. The summed E-state index contributed by atoms with van der Waals surface area (Å²) in [5.74, 6) is 0. The molecule has 0 saturated heterocycles. The summed E-state index contributed by atoms with van der Waals surface area (Å²) in [4.78, 5) is 7.31. The molecule has 2 rings (SSSR count). The van der Waals surface area contributed by atoms with Crippen LogP contribution in [0.3, 0.4) is 0 Å². The lowest BCUT2D eigenvalue weighted by atomic mass is 9.99. The normalized spacial score (nSPS) is 26.1. The minimum absolute atomic E-state index is 0.226. The van der Waals surface area contributed by atoms with Gasteiger partial charge in [0, 0.05) is 18.3 Å². The SMILES string of the molecule is FC(F)(F)C1N=CNC2=C1CC=NC2. The van der Waals surface area contributed by atoms with E-state index in [0.717, 1.165) is 6.34 Å². The fourth-order valence-electron chi connectivity index (χ4n) is 1.52. The van der Waals surface area contributed by atoms with Crippen molar-refractivity contribution in [2.24, 2.45) is 9.98 Å². The van der Waals surface area contributed by atoms with Crippen LogP contribution in [-0.2, 0) is 0 Å². The molecule has 0 aromatic heterocycles. The topological polar surface area (TPSA) is 36.8 Å². The lowest BCUT2D eigenvalue weighted by Gasteiger charge is -2.26. The summed E-state index contributed by atoms with van der Waals surface area (Å²) in [5.41, 5.74) is 0.819. The molecule has 2 heterocycles. The molecular formula is C8H8F3N3. The van der Waals surface area contributed by atoms with Crippen molar-refractivity contribution in [3.05, 3.63) is 11.3 Å². The van der Waals surface area contributed by atoms with E-state index >= 15 is 0 Å². The van der Waals surface area contributed by atoms with E-state index in [2.05, 4.69) is 15.3 Å². The number of halogens is 3. The van der Waals surface area contributed by atoms with Gasteiger partial charge in [0.05, 0.1) is 12.9 Å². The van der Waals surface area contributed by atoms with Gasteiger partial charge < -0.3 is 5.32 Å². The van der Waals surface area contributed by atoms with Gasteiger partial charge in [-0.2, -0.15) is 13.2 Å². The summed E-state index contributed by atoms with van der Waals surface area (Å²) in [7, 11) is 0. The Balaban J connectivity index is 2.29. The van der Waals surface area contributed by atoms with Crippen LogP contribution in [0, 0.1) is 0 Å². The Labute approximate surface area is 78.4 Å². The van der Waals surface area contributed by atoms with Gasteiger partial charge in [0.2, 0.25) is 0 Å². The van der Waals surface area contributed by atoms with Crippen LogP contribution in [-0.4, -0.2) is 31.3 Å². The molecule has 3 nitrogen and oxygen atoms in total. The Hall–Kier alpha value is -1.33. The molecule has 0 aromatic rings. The van der Waals surface area contributed by atoms with Crippen LogP contribution in [0.5, 0.6) is 0 Å². The van der Waals surface area contributed by atoms with Crippen molar-refractivity contribution < 1.29 is 13.2 Å². The van der Waals surface area contributed by atoms with Crippen LogP contribution in [0.15, 0.2) is 21.3 Å². The molecule has 0 aromatic carbocycles. The largest absolute Gasteiger partial charge is 0.414 e. The molecule has 0 spiro atoms. The third kappa shape index (κ3) is 1.51. The number of dihydropyridines is 1. The van der Waals surface area contributed by atoms with Crippen molar-refractivity contribution in [3.63, 3.8) is 0 Å². The molecule has 0 amide bonds. The average molecular weight is 203 g/mol. The zero-order valence-electron chi connectivity index (χ0n) is 7.17. The van der Waals surface area contributed by atoms with Gasteiger partial charge in [0.15, 0.2) is 6.04 Å². The van der Waals surface area contributed by atoms with Crippen molar-refractivity contribution in [3.8, 4) is 0 Å². The number of aliphatic imine (C=N–C) groups is 2. The molecule has 0 saturated carbocycles. The van der Waals surface area contributed by atoms with Crippen molar-refractivity contribution in [1.29, 1.82) is 0 Å². The van der Waals surface area contributed by atoms with Gasteiger partial charge >= 0.3 is 6.18 Å². The van der Waals surface area contributed by atoms with Crippen LogP contribution in [0.25, 0.3) is 0 Å². The van der Waals surface area contributed by atoms with Gasteiger partial charge in [-0.15, -0.1) is 0 Å². The molecule has 2 aliphatic heterocycles. The molecular weight excluding hydrogens is 195 g/mol. The van der Waals surface area contributed by atoms with Gasteiger partial charge in [-0.05, 0) is 5.57 Å². The fraction of sp³-hybridized carbons (Fsp3) is 0.500. The maximum atomic E-state index is 12.5. The molecule has 0 aliphatic carbocycles. The molecule has 0 bridgehead atoms. The first-order chi connectivity index (χ1) is 6.59. The summed E-state index contributed by atoms with van der Waals surface area (Å²) in [6.45, 7) is 0.286. The number of nitrogens with one attached hydrogen (secondary N) is 1. The standard InChI is InChI=1S/C8H8F3N3/c9-8(10,11)7-5-1-2-12-3-6(5)13-4-14-7/h2,4,7H,1,3H2,(H,13,14). The van der Waals surface area contributed by atoms with Crippen molar-refractivity contribution in [1.82, 2.24) is 5.32 Å². The zero-order valence-corrected chi connectivity index (χ0v) is 7.17. The van der Waals surface area contributed by atoms with Crippen molar-refractivity contribution in [2.75, 3.05) is 6.54 Å². The maximum absolute atomic E-state index is 12.5. The van der Waals surface area contributed by atoms with E-state index in [1.165, 1.54) is 6.21 Å². The van der Waals surface area contributed by atoms with Crippen LogP contribution < -0.4 is 5.32 Å². The van der Waals surface area contributed by atoms with Gasteiger partial charge in [0.25, 0.3) is 0 Å². The molecule has 2 aliphatic rings. The predicted octanol–water partition coefficient (Wildman–Crippen LogP) is 1.28. The first-order valence-corrected chi connectivity index (χ1v) is 4.14. The molecule has 6 heteroatoms. The smallest absolute Gasteiger partial charge is 0.348 e. The lowest BCUT2D eigenvalue weighted by molar-refractivity contribution is -0.139. The zero-order chi connectivity index (χ0) is 10.2. The van der Waals surface area contributed by atoms with Crippen LogP contribution in [0.2, 0.25) is 0 Å². The Kier molecular flexibility index (Phi) is 2.05. The lowest BCUT2D eigenvalue weighted by Crippen LogP contribution is -2.37. The van der Waals surface area contributed by atoms with E-state index in [-0.39, 0.29) is 18.5 Å². The van der Waals surface area contributed by atoms with Gasteiger partial charge in [-0.25, -0.2) is 0 Å². The van der Waals surface area contributed by atoms with Crippen molar-refractivity contribution >= 4 is 12.6 Å². The summed E-state index contributed by atoms with van der Waals surface area (Å²) < 4.78 is 37.5. The molecule has 76 valence electrons. The monoisotopic (exact) mass is 203 g/mol. The van der Waals surface area contributed by atoms with E-state index in [1.807, 2.05) is 0 Å². The second-order valence-corrected chi connectivity index (χ2v) is 3.10. The highest BCUT2D eigenvalue weighted by Crippen LogP contribution is 2.32. The summed E-state index contributed by atoms with van der Waals surface area (Å²) >= 11 is 0. The summed E-state index contributed by atoms with van der Waals surface area (Å²) in [6.07, 6.45) is -1.48. The number of hydrogen-bond donors (Lipinski definition) is 1. The average Bonchev–Trinajstić information content (AvgIpc) is 2.15. The van der Waals surface area contributed by atoms with Crippen LogP contribution >= 0.6 is 0 Å². The molecule has 1 N–H and O–H groups in total. The van der Waals surface area contributed by atoms with E-state index in [0.29, 0.717) is 5.70 Å². The molecule has 0 radical (unpaired) electrons. The molecule has 1 unspecified atom stereocenters. The summed E-state index contributed by atoms with van der Waals surface area (Å²) in [6, 6.07) is -1.69. The first kappa shape index (κ1) is 9.23. The van der Waals surface area contributed by atoms with Gasteiger partial charge in [0.1, 0.15) is 0 Å². The summed E-state index contributed by atoms with van der Waals surface area (Å²) in [5, 5.41) is 2.70. The second kappa shape index (κ2) is 3.11. The highest BCUT2D eigenvalue weighted by atomic mass is 19.4. The number of alkyl halides is 3. The Morgan fingerprint density at radius 1 is 1.43 bits per heavy atom. The molecule has 1 atom stereocenters. The minimum atomic E-state index is -4.30. The first-order valence-electron chi connectivity index (χ1n) is 4.14. The molecule has 0 fully saturated rings. The minimum Gasteiger partial charge on any atom is -0.348 e. The van der Waals surface area contributed by atoms with E-state index in [1.54, 1.807) is 0 Å². The Bertz CT molecular complexity index is 323. The predicted molar refractivity (Wildman–Crippen MR) is 46.5 cm³/mol. The van der Waals surface area contributed by atoms with E-state index in [9.17, 15) is 13.2 Å². The number of hydrogen-bond acceptors (Lipinski definition) is 3. The third-order valence-corrected chi connectivity index (χ3v) is 2.18. The number of rotatable bonds is 0. The van der Waals surface area contributed by atoms with Crippen LogP contribution in [0.1, 0.15) is 6.42 Å². The Morgan fingerprint density at radius 3 is 2.93 bits per heavy atom. The van der Waals surface area contributed by atoms with Gasteiger partial charge in [-0.1, -0.05) is 0 Å². The Morgan fingerprint density at radius 2 is 2.21 bits per heavy atom. The number of nitrogens with zero attached hydrogens (tertiary/aromatic N) is 2. The highest BCUT2D eigenvalue weighted by molar-refractivity contribution is 5.69. The maximum Gasteiger partial charge on any atom is 0.414 e. The third-order valence-electron chi connectivity index (χ3n) is 2.18. The van der Waals surface area contributed by atoms with Crippen molar-refractivity contribution in [2.45, 2.75) is 18.6 Å². The van der Waals surface area contributed by atoms with E-state index in [4.69, 9.17) is 0 Å². The highest BCUT2D eigenvalue weighted by Gasteiger charge is 2.43.